The quantitative estimate of drug-likeness (QED) is 0.286. The molecule has 0 fully saturated rings. The van der Waals surface area contributed by atoms with Crippen LogP contribution in [0.3, 0.4) is 0 Å². The molecule has 158 valence electrons. The topological polar surface area (TPSA) is 20.7 Å². The number of fused-ring (bicyclic) bond motifs is 6. The van der Waals surface area contributed by atoms with Gasteiger partial charge < -0.3 is 9.55 Å². The van der Waals surface area contributed by atoms with Gasteiger partial charge in [0, 0.05) is 38.3 Å². The second-order valence-electron chi connectivity index (χ2n) is 8.35. The van der Waals surface area contributed by atoms with Crippen molar-refractivity contribution in [3.8, 4) is 16.8 Å². The Hall–Kier alpha value is -4.30. The maximum absolute atomic E-state index is 3.53. The molecule has 33 heavy (non-hydrogen) atoms. The van der Waals surface area contributed by atoms with Crippen LogP contribution < -0.4 is 0 Å². The van der Waals surface area contributed by atoms with Crippen molar-refractivity contribution in [3.63, 3.8) is 0 Å². The van der Waals surface area contributed by atoms with Gasteiger partial charge in [0.2, 0.25) is 0 Å². The van der Waals surface area contributed by atoms with Crippen molar-refractivity contribution in [2.75, 3.05) is 0 Å². The number of aromatic nitrogens is 2. The predicted octanol–water partition coefficient (Wildman–Crippen LogP) is 8.72. The third-order valence-corrected chi connectivity index (χ3v) is 6.53. The van der Waals surface area contributed by atoms with Crippen molar-refractivity contribution < 1.29 is 0 Å². The maximum Gasteiger partial charge on any atom is 0.0547 e. The van der Waals surface area contributed by atoms with Gasteiger partial charge in [-0.2, -0.15) is 0 Å². The molecule has 0 saturated carbocycles. The van der Waals surface area contributed by atoms with Crippen LogP contribution in [0, 0.1) is 0 Å². The van der Waals surface area contributed by atoms with Crippen molar-refractivity contribution in [2.45, 2.75) is 7.43 Å². The lowest BCUT2D eigenvalue weighted by atomic mass is 10.0. The Morgan fingerprint density at radius 2 is 1.09 bits per heavy atom. The van der Waals surface area contributed by atoms with Gasteiger partial charge in [0.15, 0.2) is 0 Å². The molecular formula is C31H24N2. The van der Waals surface area contributed by atoms with E-state index in [-0.39, 0.29) is 7.43 Å². The largest absolute Gasteiger partial charge is 0.355 e. The molecule has 0 aliphatic heterocycles. The van der Waals surface area contributed by atoms with Crippen molar-refractivity contribution in [1.29, 1.82) is 0 Å². The van der Waals surface area contributed by atoms with Crippen molar-refractivity contribution in [1.82, 2.24) is 9.55 Å². The summed E-state index contributed by atoms with van der Waals surface area (Å²) >= 11 is 0. The van der Waals surface area contributed by atoms with Gasteiger partial charge in [0.25, 0.3) is 0 Å². The molecule has 2 aromatic heterocycles. The molecule has 0 aliphatic rings. The Bertz CT molecular complexity index is 1770. The first-order valence-electron chi connectivity index (χ1n) is 11.0. The average Bonchev–Trinajstić information content (AvgIpc) is 3.39. The molecule has 2 heteroatoms. The molecule has 0 radical (unpaired) electrons. The molecule has 7 rings (SSSR count). The average molecular weight is 425 g/mol. The minimum atomic E-state index is 0. The number of hydrogen-bond acceptors (Lipinski definition) is 0. The van der Waals surface area contributed by atoms with E-state index in [0.717, 1.165) is 0 Å². The number of hydrogen-bond donors (Lipinski definition) is 1. The molecular weight excluding hydrogens is 400 g/mol. The molecule has 7 aromatic rings. The summed E-state index contributed by atoms with van der Waals surface area (Å²) < 4.78 is 2.37. The van der Waals surface area contributed by atoms with Crippen LogP contribution >= 0.6 is 0 Å². The van der Waals surface area contributed by atoms with Crippen LogP contribution in [0.25, 0.3) is 60.4 Å². The summed E-state index contributed by atoms with van der Waals surface area (Å²) in [6, 6.07) is 41.4. The summed E-state index contributed by atoms with van der Waals surface area (Å²) in [6.45, 7) is 0. The first-order chi connectivity index (χ1) is 15.9. The number of nitrogens with one attached hydrogen (secondary N) is 1. The van der Waals surface area contributed by atoms with Gasteiger partial charge in [-0.25, -0.2) is 0 Å². The van der Waals surface area contributed by atoms with Crippen LogP contribution in [0.5, 0.6) is 0 Å². The van der Waals surface area contributed by atoms with E-state index >= 15 is 0 Å². The van der Waals surface area contributed by atoms with Gasteiger partial charge in [-0.1, -0.05) is 80.2 Å². The van der Waals surface area contributed by atoms with E-state index in [4.69, 9.17) is 0 Å². The standard InChI is InChI=1S/C30H20N2.CH4/c1-2-8-22(9-3-1)32-29-13-7-5-11-24(29)25-16-14-21(19-30(25)32)20-15-17-28-26(18-20)23-10-4-6-12-27(23)31-28;/h1-19,31H;1H4. The first-order valence-corrected chi connectivity index (χ1v) is 11.0. The summed E-state index contributed by atoms with van der Waals surface area (Å²) in [5, 5.41) is 5.09. The Morgan fingerprint density at radius 3 is 1.97 bits per heavy atom. The third kappa shape index (κ3) is 2.88. The number of benzene rings is 5. The number of aromatic amines is 1. The Morgan fingerprint density at radius 1 is 0.455 bits per heavy atom. The highest BCUT2D eigenvalue weighted by Crippen LogP contribution is 2.36. The second kappa shape index (κ2) is 7.39. The van der Waals surface area contributed by atoms with E-state index in [9.17, 15) is 0 Å². The zero-order valence-electron chi connectivity index (χ0n) is 17.4. The molecule has 2 nitrogen and oxygen atoms in total. The van der Waals surface area contributed by atoms with Gasteiger partial charge in [0.05, 0.1) is 11.0 Å². The lowest BCUT2D eigenvalue weighted by Gasteiger charge is -2.09. The van der Waals surface area contributed by atoms with E-state index < -0.39 is 0 Å². The van der Waals surface area contributed by atoms with E-state index in [1.54, 1.807) is 0 Å². The Kier molecular flexibility index (Phi) is 4.34. The Balaban J connectivity index is 0.00000206. The molecule has 0 aliphatic carbocycles. The minimum Gasteiger partial charge on any atom is -0.355 e. The van der Waals surface area contributed by atoms with Gasteiger partial charge >= 0.3 is 0 Å². The predicted molar refractivity (Wildman–Crippen MR) is 142 cm³/mol. The molecule has 5 aromatic carbocycles. The smallest absolute Gasteiger partial charge is 0.0547 e. The first kappa shape index (κ1) is 19.4. The van der Waals surface area contributed by atoms with Gasteiger partial charge in [-0.15, -0.1) is 0 Å². The van der Waals surface area contributed by atoms with Crippen LogP contribution in [0.2, 0.25) is 0 Å². The Labute approximate surface area is 192 Å². The molecule has 0 bridgehead atoms. The monoisotopic (exact) mass is 424 g/mol. The number of nitrogens with zero attached hydrogens (tertiary/aromatic N) is 1. The fourth-order valence-electron chi connectivity index (χ4n) is 5.03. The molecule has 0 unspecified atom stereocenters. The van der Waals surface area contributed by atoms with Crippen LogP contribution in [-0.2, 0) is 0 Å². The third-order valence-electron chi connectivity index (χ3n) is 6.53. The van der Waals surface area contributed by atoms with E-state index in [1.165, 1.54) is 60.4 Å². The summed E-state index contributed by atoms with van der Waals surface area (Å²) in [5.74, 6) is 0. The van der Waals surface area contributed by atoms with Crippen molar-refractivity contribution >= 4 is 43.6 Å². The summed E-state index contributed by atoms with van der Waals surface area (Å²) in [5.41, 5.74) is 8.46. The minimum absolute atomic E-state index is 0. The van der Waals surface area contributed by atoms with Crippen LogP contribution in [0.4, 0.5) is 0 Å². The summed E-state index contributed by atoms with van der Waals surface area (Å²) in [6.07, 6.45) is 0. The van der Waals surface area contributed by atoms with E-state index in [0.29, 0.717) is 0 Å². The van der Waals surface area contributed by atoms with E-state index in [2.05, 4.69) is 125 Å². The lowest BCUT2D eigenvalue weighted by molar-refractivity contribution is 1.18. The summed E-state index contributed by atoms with van der Waals surface area (Å²) in [4.78, 5) is 3.53. The highest BCUT2D eigenvalue weighted by Gasteiger charge is 2.13. The lowest BCUT2D eigenvalue weighted by Crippen LogP contribution is -1.93. The molecule has 2 heterocycles. The highest BCUT2D eigenvalue weighted by molar-refractivity contribution is 6.11. The fourth-order valence-corrected chi connectivity index (χ4v) is 5.03. The van der Waals surface area contributed by atoms with Gasteiger partial charge in [-0.3, -0.25) is 0 Å². The molecule has 1 N–H and O–H groups in total. The van der Waals surface area contributed by atoms with E-state index in [1.807, 2.05) is 0 Å². The normalized spacial score (nSPS) is 11.4. The molecule has 0 atom stereocenters. The van der Waals surface area contributed by atoms with Crippen LogP contribution in [-0.4, -0.2) is 9.55 Å². The highest BCUT2D eigenvalue weighted by atomic mass is 15.0. The van der Waals surface area contributed by atoms with Crippen molar-refractivity contribution in [2.24, 2.45) is 0 Å². The van der Waals surface area contributed by atoms with Gasteiger partial charge in [-0.05, 0) is 53.6 Å². The zero-order valence-corrected chi connectivity index (χ0v) is 17.4. The zero-order chi connectivity index (χ0) is 21.1. The number of rotatable bonds is 2. The molecule has 0 spiro atoms. The van der Waals surface area contributed by atoms with Gasteiger partial charge in [0.1, 0.15) is 0 Å². The SMILES string of the molecule is C.c1ccc(-n2c3ccccc3c3ccc(-c4ccc5[nH]c6ccccc6c5c4)cc32)cc1. The van der Waals surface area contributed by atoms with Crippen LogP contribution in [0.15, 0.2) is 115 Å². The maximum atomic E-state index is 3.53. The second-order valence-corrected chi connectivity index (χ2v) is 8.35. The molecule has 0 saturated heterocycles. The molecule has 0 amide bonds. The number of H-pyrrole nitrogens is 1. The number of para-hydroxylation sites is 3. The fraction of sp³-hybridized carbons (Fsp3) is 0.0323. The van der Waals surface area contributed by atoms with Crippen molar-refractivity contribution in [3.05, 3.63) is 115 Å². The van der Waals surface area contributed by atoms with Crippen LogP contribution in [0.1, 0.15) is 7.43 Å². The summed E-state index contributed by atoms with van der Waals surface area (Å²) in [7, 11) is 0.